The number of halogens is 1. The molecule has 0 aliphatic rings. The van der Waals surface area contributed by atoms with E-state index in [0.717, 1.165) is 6.07 Å². The maximum absolute atomic E-state index is 12.5. The summed E-state index contributed by atoms with van der Waals surface area (Å²) in [4.78, 5) is 3.56. The molecule has 0 bridgehead atoms. The number of pyridine rings is 1. The van der Waals surface area contributed by atoms with E-state index in [1.165, 1.54) is 31.4 Å². The first kappa shape index (κ1) is 15.1. The van der Waals surface area contributed by atoms with E-state index < -0.39 is 9.84 Å². The van der Waals surface area contributed by atoms with Crippen LogP contribution in [0.2, 0.25) is 5.02 Å². The first-order valence-corrected chi connectivity index (χ1v) is 7.51. The SMILES string of the molecule is COc1nc(N)c(S(=O)(=O)c2ccc(Cl)cc2)cc1C#N. The van der Waals surface area contributed by atoms with Crippen LogP contribution in [-0.4, -0.2) is 20.5 Å². The second kappa shape index (κ2) is 5.60. The maximum Gasteiger partial charge on any atom is 0.233 e. The van der Waals surface area contributed by atoms with E-state index in [4.69, 9.17) is 27.3 Å². The summed E-state index contributed by atoms with van der Waals surface area (Å²) >= 11 is 5.73. The third kappa shape index (κ3) is 2.77. The lowest BCUT2D eigenvalue weighted by atomic mass is 10.3. The van der Waals surface area contributed by atoms with Crippen LogP contribution in [0.25, 0.3) is 0 Å². The van der Waals surface area contributed by atoms with E-state index in [1.807, 2.05) is 6.07 Å². The van der Waals surface area contributed by atoms with E-state index in [9.17, 15) is 8.42 Å². The van der Waals surface area contributed by atoms with E-state index in [1.54, 1.807) is 0 Å². The number of hydrogen-bond donors (Lipinski definition) is 1. The molecule has 6 nitrogen and oxygen atoms in total. The molecule has 8 heteroatoms. The number of ether oxygens (including phenoxy) is 1. The van der Waals surface area contributed by atoms with Crippen molar-refractivity contribution in [2.24, 2.45) is 0 Å². The molecule has 0 spiro atoms. The molecule has 0 unspecified atom stereocenters. The van der Waals surface area contributed by atoms with Crippen molar-refractivity contribution in [2.75, 3.05) is 12.8 Å². The molecule has 1 heterocycles. The minimum atomic E-state index is -3.90. The van der Waals surface area contributed by atoms with Crippen molar-refractivity contribution in [2.45, 2.75) is 9.79 Å². The molecule has 0 aliphatic carbocycles. The molecule has 0 saturated carbocycles. The fourth-order valence-corrected chi connectivity index (χ4v) is 3.15. The number of hydrogen-bond acceptors (Lipinski definition) is 6. The van der Waals surface area contributed by atoms with Gasteiger partial charge in [0.1, 0.15) is 22.3 Å². The summed E-state index contributed by atoms with van der Waals surface area (Å²) < 4.78 is 29.9. The molecule has 0 saturated heterocycles. The maximum atomic E-state index is 12.5. The summed E-state index contributed by atoms with van der Waals surface area (Å²) in [5.41, 5.74) is 5.65. The van der Waals surface area contributed by atoms with Crippen LogP contribution in [0.5, 0.6) is 5.88 Å². The van der Waals surface area contributed by atoms with Crippen LogP contribution in [0.15, 0.2) is 40.1 Å². The molecule has 21 heavy (non-hydrogen) atoms. The molecule has 2 rings (SSSR count). The van der Waals surface area contributed by atoms with Crippen molar-refractivity contribution in [3.05, 3.63) is 40.9 Å². The quantitative estimate of drug-likeness (QED) is 0.926. The summed E-state index contributed by atoms with van der Waals surface area (Å²) in [5, 5.41) is 9.42. The van der Waals surface area contributed by atoms with Gasteiger partial charge < -0.3 is 10.5 Å². The number of anilines is 1. The van der Waals surface area contributed by atoms with Crippen LogP contribution >= 0.6 is 11.6 Å². The van der Waals surface area contributed by atoms with Crippen LogP contribution in [0.1, 0.15) is 5.56 Å². The first-order valence-electron chi connectivity index (χ1n) is 5.65. The number of rotatable bonds is 3. The number of aromatic nitrogens is 1. The molecule has 0 radical (unpaired) electrons. The van der Waals surface area contributed by atoms with Crippen LogP contribution in [0.3, 0.4) is 0 Å². The van der Waals surface area contributed by atoms with Gasteiger partial charge in [-0.15, -0.1) is 0 Å². The van der Waals surface area contributed by atoms with Crippen molar-refractivity contribution in [3.8, 4) is 11.9 Å². The van der Waals surface area contributed by atoms with Crippen LogP contribution in [0.4, 0.5) is 5.82 Å². The van der Waals surface area contributed by atoms with Gasteiger partial charge in [-0.25, -0.2) is 8.42 Å². The Morgan fingerprint density at radius 3 is 2.48 bits per heavy atom. The third-order valence-electron chi connectivity index (χ3n) is 2.71. The van der Waals surface area contributed by atoms with Gasteiger partial charge in [0.2, 0.25) is 15.7 Å². The molecule has 2 aromatic rings. The molecule has 1 aromatic carbocycles. The zero-order valence-electron chi connectivity index (χ0n) is 10.9. The standard InChI is InChI=1S/C13H10ClN3O3S/c1-20-13-8(7-15)6-11(12(16)17-13)21(18,19)10-4-2-9(14)3-5-10/h2-6H,1H3,(H2,16,17). The minimum absolute atomic E-state index is 0.00876. The molecular formula is C13H10ClN3O3S. The van der Waals surface area contributed by atoms with Crippen molar-refractivity contribution in [3.63, 3.8) is 0 Å². The molecule has 0 atom stereocenters. The highest BCUT2D eigenvalue weighted by Crippen LogP contribution is 2.29. The van der Waals surface area contributed by atoms with Gasteiger partial charge in [0, 0.05) is 5.02 Å². The number of benzene rings is 1. The van der Waals surface area contributed by atoms with Gasteiger partial charge in [0.25, 0.3) is 0 Å². The Hall–Kier alpha value is -2.30. The number of sulfone groups is 1. The van der Waals surface area contributed by atoms with Crippen molar-refractivity contribution in [1.29, 1.82) is 5.26 Å². The van der Waals surface area contributed by atoms with Crippen molar-refractivity contribution in [1.82, 2.24) is 4.98 Å². The minimum Gasteiger partial charge on any atom is -0.480 e. The number of nitrogen functional groups attached to an aromatic ring is 1. The molecule has 0 aliphatic heterocycles. The summed E-state index contributed by atoms with van der Waals surface area (Å²) in [7, 11) is -2.58. The number of nitrogens with zero attached hydrogens (tertiary/aromatic N) is 2. The van der Waals surface area contributed by atoms with Crippen LogP contribution in [-0.2, 0) is 9.84 Å². The Balaban J connectivity index is 2.65. The average molecular weight is 324 g/mol. The van der Waals surface area contributed by atoms with Crippen LogP contribution in [0, 0.1) is 11.3 Å². The summed E-state index contributed by atoms with van der Waals surface area (Å²) in [5.74, 6) is -0.258. The third-order valence-corrected chi connectivity index (χ3v) is 4.76. The Morgan fingerprint density at radius 2 is 1.95 bits per heavy atom. The fourth-order valence-electron chi connectivity index (χ4n) is 1.68. The molecule has 0 amide bonds. The monoisotopic (exact) mass is 323 g/mol. The van der Waals surface area contributed by atoms with Gasteiger partial charge in [0.15, 0.2) is 0 Å². The normalized spacial score (nSPS) is 10.9. The Labute approximate surface area is 126 Å². The van der Waals surface area contributed by atoms with Gasteiger partial charge in [-0.2, -0.15) is 10.2 Å². The Bertz CT molecular complexity index is 827. The predicted molar refractivity (Wildman–Crippen MR) is 76.8 cm³/mol. The van der Waals surface area contributed by atoms with Crippen LogP contribution < -0.4 is 10.5 Å². The van der Waals surface area contributed by atoms with Gasteiger partial charge in [-0.05, 0) is 30.3 Å². The highest BCUT2D eigenvalue weighted by atomic mass is 35.5. The number of nitrogens with two attached hydrogens (primary N) is 1. The smallest absolute Gasteiger partial charge is 0.233 e. The van der Waals surface area contributed by atoms with Gasteiger partial charge in [-0.3, -0.25) is 0 Å². The fraction of sp³-hybridized carbons (Fsp3) is 0.0769. The Morgan fingerprint density at radius 1 is 1.33 bits per heavy atom. The zero-order chi connectivity index (χ0) is 15.6. The topological polar surface area (TPSA) is 106 Å². The first-order chi connectivity index (χ1) is 9.90. The highest BCUT2D eigenvalue weighted by molar-refractivity contribution is 7.91. The molecule has 2 N–H and O–H groups in total. The molecular weight excluding hydrogens is 314 g/mol. The summed E-state index contributed by atoms with van der Waals surface area (Å²) in [6, 6.07) is 8.57. The van der Waals surface area contributed by atoms with Crippen molar-refractivity contribution >= 4 is 27.3 Å². The lowest BCUT2D eigenvalue weighted by molar-refractivity contribution is 0.396. The largest absolute Gasteiger partial charge is 0.480 e. The van der Waals surface area contributed by atoms with Gasteiger partial charge in [-0.1, -0.05) is 11.6 Å². The van der Waals surface area contributed by atoms with Crippen molar-refractivity contribution < 1.29 is 13.2 Å². The summed E-state index contributed by atoms with van der Waals surface area (Å²) in [6.45, 7) is 0. The summed E-state index contributed by atoms with van der Waals surface area (Å²) in [6.07, 6.45) is 0. The second-order valence-corrected chi connectivity index (χ2v) is 6.35. The van der Waals surface area contributed by atoms with E-state index in [2.05, 4.69) is 4.98 Å². The molecule has 108 valence electrons. The zero-order valence-corrected chi connectivity index (χ0v) is 12.4. The lowest BCUT2D eigenvalue weighted by Gasteiger charge is -2.09. The molecule has 0 fully saturated rings. The van der Waals surface area contributed by atoms with E-state index in [0.29, 0.717) is 5.02 Å². The Kier molecular flexibility index (Phi) is 4.02. The van der Waals surface area contributed by atoms with E-state index in [-0.39, 0.29) is 27.1 Å². The molecule has 1 aromatic heterocycles. The van der Waals surface area contributed by atoms with Gasteiger partial charge >= 0.3 is 0 Å². The van der Waals surface area contributed by atoms with Gasteiger partial charge in [0.05, 0.1) is 12.0 Å². The number of methoxy groups -OCH3 is 1. The average Bonchev–Trinajstić information content (AvgIpc) is 2.47. The van der Waals surface area contributed by atoms with E-state index >= 15 is 0 Å². The second-order valence-electron chi connectivity index (χ2n) is 4.00. The lowest BCUT2D eigenvalue weighted by Crippen LogP contribution is -2.09. The predicted octanol–water partition coefficient (Wildman–Crippen LogP) is 2.03. The highest BCUT2D eigenvalue weighted by Gasteiger charge is 2.24. The number of nitriles is 1.